The second-order valence-corrected chi connectivity index (χ2v) is 8.22. The number of ether oxygens (including phenoxy) is 1. The molecule has 6 heteroatoms. The van der Waals surface area contributed by atoms with Crippen LogP contribution in [0, 0.1) is 11.8 Å². The Labute approximate surface area is 131 Å². The summed E-state index contributed by atoms with van der Waals surface area (Å²) in [5, 5.41) is 11.5. The third-order valence-corrected chi connectivity index (χ3v) is 5.42. The van der Waals surface area contributed by atoms with Crippen LogP contribution in [0.4, 0.5) is 0 Å². The molecule has 112 valence electrons. The highest BCUT2D eigenvalue weighted by atomic mass is 79.9. The lowest BCUT2D eigenvalue weighted by Crippen LogP contribution is -2.39. The molecule has 1 aromatic heterocycles. The smallest absolute Gasteiger partial charge is 0.309 e. The zero-order valence-corrected chi connectivity index (χ0v) is 14.3. The largest absolute Gasteiger partial charge is 0.463 e. The van der Waals surface area contributed by atoms with Crippen molar-refractivity contribution < 1.29 is 14.6 Å². The molecule has 3 atom stereocenters. The minimum Gasteiger partial charge on any atom is -0.463 e. The van der Waals surface area contributed by atoms with Crippen molar-refractivity contribution in [2.45, 2.75) is 51.7 Å². The van der Waals surface area contributed by atoms with Gasteiger partial charge in [-0.15, -0.1) is 11.3 Å². The van der Waals surface area contributed by atoms with E-state index in [2.05, 4.69) is 20.9 Å². The van der Waals surface area contributed by atoms with Crippen molar-refractivity contribution in [3.05, 3.63) is 15.0 Å². The molecular weight excluding hydrogens is 342 g/mol. The second kappa shape index (κ2) is 6.12. The minimum absolute atomic E-state index is 0.0858. The average molecular weight is 362 g/mol. The average Bonchev–Trinajstić information content (AvgIpc) is 2.75. The number of aliphatic hydroxyl groups is 1. The van der Waals surface area contributed by atoms with Gasteiger partial charge in [-0.2, -0.15) is 0 Å². The van der Waals surface area contributed by atoms with Gasteiger partial charge in [-0.25, -0.2) is 4.98 Å². The van der Waals surface area contributed by atoms with Crippen molar-refractivity contribution >= 4 is 33.2 Å². The normalized spacial score (nSPS) is 30.5. The number of carbonyl (C=O) groups excluding carboxylic acids is 1. The van der Waals surface area contributed by atoms with E-state index in [0.717, 1.165) is 8.79 Å². The monoisotopic (exact) mass is 361 g/mol. The van der Waals surface area contributed by atoms with Gasteiger partial charge in [0, 0.05) is 0 Å². The predicted molar refractivity (Wildman–Crippen MR) is 81.4 cm³/mol. The Morgan fingerprint density at radius 3 is 2.85 bits per heavy atom. The van der Waals surface area contributed by atoms with Crippen LogP contribution < -0.4 is 0 Å². The molecule has 0 aromatic carbocycles. The maximum Gasteiger partial charge on any atom is 0.309 e. The van der Waals surface area contributed by atoms with Gasteiger partial charge >= 0.3 is 5.97 Å². The quantitative estimate of drug-likeness (QED) is 0.837. The molecular formula is C14H20BrNO3S. The molecule has 0 saturated heterocycles. The lowest BCUT2D eigenvalue weighted by atomic mass is 9.72. The number of hydrogen-bond donors (Lipinski definition) is 1. The molecule has 20 heavy (non-hydrogen) atoms. The summed E-state index contributed by atoms with van der Waals surface area (Å²) in [5.41, 5.74) is -0.912. The van der Waals surface area contributed by atoms with E-state index < -0.39 is 5.60 Å². The fourth-order valence-corrected chi connectivity index (χ4v) is 4.12. The summed E-state index contributed by atoms with van der Waals surface area (Å²) < 4.78 is 6.21. The van der Waals surface area contributed by atoms with Gasteiger partial charge in [0.15, 0.2) is 0 Å². The fraction of sp³-hybridized carbons (Fsp3) is 0.714. The maximum absolute atomic E-state index is 12.0. The van der Waals surface area contributed by atoms with E-state index in [1.165, 1.54) is 11.3 Å². The number of halogens is 1. The summed E-state index contributed by atoms with van der Waals surface area (Å²) in [7, 11) is 0. The number of thiazole rings is 1. The van der Waals surface area contributed by atoms with Gasteiger partial charge in [0.2, 0.25) is 0 Å². The summed E-state index contributed by atoms with van der Waals surface area (Å²) >= 11 is 4.83. The summed E-state index contributed by atoms with van der Waals surface area (Å²) in [6.07, 6.45) is 3.35. The number of rotatable bonds is 3. The van der Waals surface area contributed by atoms with E-state index in [0.29, 0.717) is 19.3 Å². The highest BCUT2D eigenvalue weighted by Gasteiger charge is 2.43. The van der Waals surface area contributed by atoms with E-state index in [9.17, 15) is 9.90 Å². The summed E-state index contributed by atoms with van der Waals surface area (Å²) in [6, 6.07) is 0. The molecule has 1 saturated carbocycles. The predicted octanol–water partition coefficient (Wildman–Crippen LogP) is 3.48. The maximum atomic E-state index is 12.0. The SMILES string of the molecule is CC(C)OC(=O)C1CCC(O)(c2ncc(Br)s2)C[C@H]1C. The van der Waals surface area contributed by atoms with Crippen molar-refractivity contribution in [3.8, 4) is 0 Å². The van der Waals surface area contributed by atoms with E-state index in [1.807, 2.05) is 20.8 Å². The van der Waals surface area contributed by atoms with E-state index >= 15 is 0 Å². The van der Waals surface area contributed by atoms with Gasteiger partial charge in [0.1, 0.15) is 10.6 Å². The molecule has 1 fully saturated rings. The topological polar surface area (TPSA) is 59.4 Å². The summed E-state index contributed by atoms with van der Waals surface area (Å²) in [4.78, 5) is 16.3. The number of hydrogen-bond acceptors (Lipinski definition) is 5. The van der Waals surface area contributed by atoms with Crippen molar-refractivity contribution in [3.63, 3.8) is 0 Å². The van der Waals surface area contributed by atoms with Gasteiger partial charge < -0.3 is 9.84 Å². The molecule has 0 amide bonds. The molecule has 0 bridgehead atoms. The summed E-state index contributed by atoms with van der Waals surface area (Å²) in [6.45, 7) is 5.71. The van der Waals surface area contributed by atoms with E-state index in [1.54, 1.807) is 6.20 Å². The Morgan fingerprint density at radius 1 is 1.65 bits per heavy atom. The van der Waals surface area contributed by atoms with Crippen LogP contribution in [0.2, 0.25) is 0 Å². The molecule has 1 aliphatic rings. The van der Waals surface area contributed by atoms with Crippen LogP contribution in [0.15, 0.2) is 9.98 Å². The Hall–Kier alpha value is -0.460. The Kier molecular flexibility index (Phi) is 4.87. The number of esters is 1. The molecule has 1 aliphatic carbocycles. The zero-order valence-electron chi connectivity index (χ0n) is 11.9. The first-order chi connectivity index (χ1) is 9.32. The van der Waals surface area contributed by atoms with Crippen LogP contribution in [0.5, 0.6) is 0 Å². The fourth-order valence-electron chi connectivity index (χ4n) is 2.79. The van der Waals surface area contributed by atoms with Crippen molar-refractivity contribution in [1.29, 1.82) is 0 Å². The van der Waals surface area contributed by atoms with E-state index in [-0.39, 0.29) is 23.9 Å². The van der Waals surface area contributed by atoms with Crippen LogP contribution in [0.3, 0.4) is 0 Å². The second-order valence-electron chi connectivity index (χ2n) is 5.81. The molecule has 2 rings (SSSR count). The number of nitrogens with zero attached hydrogens (tertiary/aromatic N) is 1. The molecule has 1 aromatic rings. The third kappa shape index (κ3) is 3.40. The number of carbonyl (C=O) groups is 1. The molecule has 1 N–H and O–H groups in total. The Balaban J connectivity index is 2.06. The van der Waals surface area contributed by atoms with Crippen LogP contribution in [0.25, 0.3) is 0 Å². The lowest BCUT2D eigenvalue weighted by molar-refractivity contribution is -0.158. The van der Waals surface area contributed by atoms with E-state index in [4.69, 9.17) is 4.74 Å². The molecule has 4 nitrogen and oxygen atoms in total. The van der Waals surface area contributed by atoms with Crippen LogP contribution >= 0.6 is 27.3 Å². The van der Waals surface area contributed by atoms with Gasteiger partial charge in [0.05, 0.1) is 22.0 Å². The third-order valence-electron chi connectivity index (χ3n) is 3.75. The first-order valence-electron chi connectivity index (χ1n) is 6.86. The molecule has 1 heterocycles. The Bertz CT molecular complexity index is 491. The first-order valence-corrected chi connectivity index (χ1v) is 8.47. The van der Waals surface area contributed by atoms with Crippen LogP contribution in [0.1, 0.15) is 45.0 Å². The summed E-state index contributed by atoms with van der Waals surface area (Å²) in [5.74, 6) is -0.182. The molecule has 0 spiro atoms. The standard InChI is InChI=1S/C14H20BrNO3S/c1-8(2)19-12(17)10-4-5-14(18,6-9(10)3)13-16-7-11(15)20-13/h7-10,18H,4-6H2,1-3H3/t9-,10?,14?/m1/s1. The Morgan fingerprint density at radius 2 is 2.35 bits per heavy atom. The highest BCUT2D eigenvalue weighted by Crippen LogP contribution is 2.44. The van der Waals surface area contributed by atoms with Crippen LogP contribution in [-0.4, -0.2) is 22.2 Å². The van der Waals surface area contributed by atoms with Gasteiger partial charge in [-0.3, -0.25) is 4.79 Å². The zero-order chi connectivity index (χ0) is 14.9. The minimum atomic E-state index is -0.912. The van der Waals surface area contributed by atoms with Gasteiger partial charge in [-0.05, 0) is 55.0 Å². The van der Waals surface area contributed by atoms with Crippen molar-refractivity contribution in [2.75, 3.05) is 0 Å². The van der Waals surface area contributed by atoms with Gasteiger partial charge in [0.25, 0.3) is 0 Å². The van der Waals surface area contributed by atoms with Crippen LogP contribution in [-0.2, 0) is 15.1 Å². The van der Waals surface area contributed by atoms with Gasteiger partial charge in [-0.1, -0.05) is 6.92 Å². The lowest BCUT2D eigenvalue weighted by Gasteiger charge is -2.38. The van der Waals surface area contributed by atoms with Crippen molar-refractivity contribution in [2.24, 2.45) is 11.8 Å². The molecule has 0 aliphatic heterocycles. The first kappa shape index (κ1) is 15.9. The molecule has 2 unspecified atom stereocenters. The molecule has 0 radical (unpaired) electrons. The highest BCUT2D eigenvalue weighted by molar-refractivity contribution is 9.11. The number of aromatic nitrogens is 1. The van der Waals surface area contributed by atoms with Crippen molar-refractivity contribution in [1.82, 2.24) is 4.98 Å².